The number of nitrogens with one attached hydrogen (secondary N) is 1. The predicted octanol–water partition coefficient (Wildman–Crippen LogP) is 4.25. The van der Waals surface area contributed by atoms with E-state index in [0.717, 1.165) is 23.9 Å². The molecule has 1 aromatic rings. The smallest absolute Gasteiger partial charge is 0.134 e. The van der Waals surface area contributed by atoms with Crippen LogP contribution in [0.4, 0.5) is 5.82 Å². The third-order valence-electron chi connectivity index (χ3n) is 3.84. The van der Waals surface area contributed by atoms with Gasteiger partial charge in [-0.3, -0.25) is 0 Å². The molecule has 0 saturated heterocycles. The summed E-state index contributed by atoms with van der Waals surface area (Å²) in [5.41, 5.74) is 1.23. The zero-order chi connectivity index (χ0) is 13.9. The van der Waals surface area contributed by atoms with Gasteiger partial charge in [-0.15, -0.1) is 0 Å². The first kappa shape index (κ1) is 14.3. The van der Waals surface area contributed by atoms with Gasteiger partial charge in [-0.1, -0.05) is 40.0 Å². The van der Waals surface area contributed by atoms with Crippen molar-refractivity contribution in [1.29, 1.82) is 0 Å². The molecule has 1 fully saturated rings. The Morgan fingerprint density at radius 3 is 2.42 bits per heavy atom. The first-order valence-corrected chi connectivity index (χ1v) is 7.64. The minimum Gasteiger partial charge on any atom is -0.370 e. The summed E-state index contributed by atoms with van der Waals surface area (Å²) in [5.74, 6) is 2.61. The maximum atomic E-state index is 4.86. The van der Waals surface area contributed by atoms with Crippen LogP contribution in [0.5, 0.6) is 0 Å². The van der Waals surface area contributed by atoms with Gasteiger partial charge >= 0.3 is 0 Å². The molecule has 1 saturated carbocycles. The van der Waals surface area contributed by atoms with Crippen molar-refractivity contribution in [1.82, 2.24) is 9.97 Å². The molecule has 3 heteroatoms. The molecule has 0 aliphatic heterocycles. The number of anilines is 1. The van der Waals surface area contributed by atoms with Crippen molar-refractivity contribution in [2.45, 2.75) is 71.1 Å². The highest BCUT2D eigenvalue weighted by Crippen LogP contribution is 2.32. The molecule has 3 nitrogen and oxygen atoms in total. The quantitative estimate of drug-likeness (QED) is 0.883. The molecule has 2 rings (SSSR count). The van der Waals surface area contributed by atoms with E-state index in [-0.39, 0.29) is 5.41 Å². The summed E-state index contributed by atoms with van der Waals surface area (Å²) in [6.07, 6.45) is 6.52. The van der Waals surface area contributed by atoms with E-state index in [9.17, 15) is 0 Å². The van der Waals surface area contributed by atoms with Crippen LogP contribution in [0.25, 0.3) is 0 Å². The summed E-state index contributed by atoms with van der Waals surface area (Å²) >= 11 is 0. The summed E-state index contributed by atoms with van der Waals surface area (Å²) in [6, 6.07) is 2.11. The minimum absolute atomic E-state index is 0.0799. The predicted molar refractivity (Wildman–Crippen MR) is 80.7 cm³/mol. The van der Waals surface area contributed by atoms with Gasteiger partial charge in [0.1, 0.15) is 11.6 Å². The highest BCUT2D eigenvalue weighted by Gasteiger charge is 2.23. The van der Waals surface area contributed by atoms with Crippen LogP contribution in [-0.4, -0.2) is 16.5 Å². The molecule has 0 unspecified atom stereocenters. The van der Waals surface area contributed by atoms with Gasteiger partial charge in [0.05, 0.1) is 5.69 Å². The Hall–Kier alpha value is -1.12. The molecule has 0 radical (unpaired) electrons. The molecule has 1 N–H and O–H groups in total. The molecule has 0 amide bonds. The lowest BCUT2D eigenvalue weighted by molar-refractivity contribution is 0.425. The van der Waals surface area contributed by atoms with Crippen LogP contribution in [0.3, 0.4) is 0 Å². The Kier molecular flexibility index (Phi) is 4.43. The van der Waals surface area contributed by atoms with E-state index in [0.29, 0.717) is 5.92 Å². The van der Waals surface area contributed by atoms with E-state index in [2.05, 4.69) is 39.1 Å². The average Bonchev–Trinajstić information content (AvgIpc) is 2.39. The maximum absolute atomic E-state index is 4.86. The molecule has 1 aliphatic carbocycles. The van der Waals surface area contributed by atoms with E-state index in [1.807, 2.05) is 0 Å². The van der Waals surface area contributed by atoms with E-state index in [4.69, 9.17) is 9.97 Å². The van der Waals surface area contributed by atoms with E-state index >= 15 is 0 Å². The van der Waals surface area contributed by atoms with Crippen molar-refractivity contribution >= 4 is 5.82 Å². The van der Waals surface area contributed by atoms with Crippen LogP contribution in [0.2, 0.25) is 0 Å². The summed E-state index contributed by atoms with van der Waals surface area (Å²) in [6.45, 7) is 9.67. The lowest BCUT2D eigenvalue weighted by atomic mass is 9.87. The molecular formula is C16H27N3. The largest absolute Gasteiger partial charge is 0.370 e. The first-order chi connectivity index (χ1) is 9.00. The normalized spacial score (nSPS) is 17.5. The van der Waals surface area contributed by atoms with E-state index in [1.54, 1.807) is 0 Å². The van der Waals surface area contributed by atoms with Crippen LogP contribution >= 0.6 is 0 Å². The van der Waals surface area contributed by atoms with Gasteiger partial charge in [-0.05, 0) is 19.8 Å². The van der Waals surface area contributed by atoms with Gasteiger partial charge in [0.2, 0.25) is 0 Å². The molecule has 0 atom stereocenters. The number of aromatic nitrogens is 2. The SMILES string of the molecule is CCNc1cc(C(C)(C)C)nc(C2CCCCC2)n1. The van der Waals surface area contributed by atoms with Crippen LogP contribution < -0.4 is 5.32 Å². The maximum Gasteiger partial charge on any atom is 0.134 e. The van der Waals surface area contributed by atoms with Gasteiger partial charge in [0, 0.05) is 23.9 Å². The Morgan fingerprint density at radius 2 is 1.84 bits per heavy atom. The zero-order valence-electron chi connectivity index (χ0n) is 12.8. The van der Waals surface area contributed by atoms with E-state index in [1.165, 1.54) is 32.1 Å². The van der Waals surface area contributed by atoms with Crippen molar-refractivity contribution in [3.63, 3.8) is 0 Å². The van der Waals surface area contributed by atoms with Gasteiger partial charge in [0.25, 0.3) is 0 Å². The number of hydrogen-bond acceptors (Lipinski definition) is 3. The van der Waals surface area contributed by atoms with Crippen molar-refractivity contribution < 1.29 is 0 Å². The van der Waals surface area contributed by atoms with Crippen molar-refractivity contribution in [3.8, 4) is 0 Å². The topological polar surface area (TPSA) is 37.8 Å². The lowest BCUT2D eigenvalue weighted by Gasteiger charge is -2.24. The lowest BCUT2D eigenvalue weighted by Crippen LogP contribution is -2.19. The fourth-order valence-electron chi connectivity index (χ4n) is 2.67. The number of hydrogen-bond donors (Lipinski definition) is 1. The molecule has 0 spiro atoms. The third kappa shape index (κ3) is 3.68. The highest BCUT2D eigenvalue weighted by atomic mass is 15.0. The van der Waals surface area contributed by atoms with Crippen molar-refractivity contribution in [3.05, 3.63) is 17.6 Å². The first-order valence-electron chi connectivity index (χ1n) is 7.64. The second kappa shape index (κ2) is 5.89. The van der Waals surface area contributed by atoms with Crippen LogP contribution in [-0.2, 0) is 5.41 Å². The molecule has 1 heterocycles. The molecule has 1 aromatic heterocycles. The van der Waals surface area contributed by atoms with Crippen LogP contribution in [0, 0.1) is 0 Å². The summed E-state index contributed by atoms with van der Waals surface area (Å²) in [7, 11) is 0. The fourth-order valence-corrected chi connectivity index (χ4v) is 2.67. The standard InChI is InChI=1S/C16H27N3/c1-5-17-14-11-13(16(2,3)4)18-15(19-14)12-9-7-6-8-10-12/h11-12H,5-10H2,1-4H3,(H,17,18,19). The monoisotopic (exact) mass is 261 g/mol. The van der Waals surface area contributed by atoms with Gasteiger partial charge in [-0.25, -0.2) is 9.97 Å². The number of nitrogens with zero attached hydrogens (tertiary/aromatic N) is 2. The molecule has 19 heavy (non-hydrogen) atoms. The Labute approximate surface area is 117 Å². The zero-order valence-corrected chi connectivity index (χ0v) is 12.8. The van der Waals surface area contributed by atoms with Gasteiger partial charge < -0.3 is 5.32 Å². The average molecular weight is 261 g/mol. The van der Waals surface area contributed by atoms with Crippen molar-refractivity contribution in [2.24, 2.45) is 0 Å². The molecular weight excluding hydrogens is 234 g/mol. The van der Waals surface area contributed by atoms with Crippen molar-refractivity contribution in [2.75, 3.05) is 11.9 Å². The van der Waals surface area contributed by atoms with Gasteiger partial charge in [-0.2, -0.15) is 0 Å². The summed E-state index contributed by atoms with van der Waals surface area (Å²) in [4.78, 5) is 9.60. The second-order valence-corrected chi connectivity index (χ2v) is 6.61. The van der Waals surface area contributed by atoms with E-state index < -0.39 is 0 Å². The molecule has 106 valence electrons. The Bertz CT molecular complexity index is 414. The van der Waals surface area contributed by atoms with Gasteiger partial charge in [0.15, 0.2) is 0 Å². The second-order valence-electron chi connectivity index (χ2n) is 6.61. The molecule has 0 aromatic carbocycles. The third-order valence-corrected chi connectivity index (χ3v) is 3.84. The fraction of sp³-hybridized carbons (Fsp3) is 0.750. The highest BCUT2D eigenvalue weighted by molar-refractivity contribution is 5.38. The summed E-state index contributed by atoms with van der Waals surface area (Å²) in [5, 5.41) is 3.35. The molecule has 1 aliphatic rings. The Morgan fingerprint density at radius 1 is 1.16 bits per heavy atom. The number of rotatable bonds is 3. The Balaban J connectivity index is 2.33. The van der Waals surface area contributed by atoms with Crippen LogP contribution in [0.15, 0.2) is 6.07 Å². The van der Waals surface area contributed by atoms with Crippen LogP contribution in [0.1, 0.15) is 77.2 Å². The molecule has 0 bridgehead atoms. The minimum atomic E-state index is 0.0799. The summed E-state index contributed by atoms with van der Waals surface area (Å²) < 4.78 is 0.